The molecule has 5 rings (SSSR count). The van der Waals surface area contributed by atoms with Gasteiger partial charge < -0.3 is 4.74 Å². The molecular weight excluding hydrogens is 466 g/mol. The van der Waals surface area contributed by atoms with Gasteiger partial charge in [-0.3, -0.25) is 14.8 Å². The standard InChI is InChI=1S/C26H22BrN3O2/c1-3-32-21-14-8-17(9-15-21)23-22-24(29-28-23)26(31)30(20-12-10-19(27)11-13-20)25(22)18-6-4-16(2)5-7-18/h4-15,25H,3H2,1-2H3,(H,28,29)/t25-/m0/s1. The number of carbonyl (C=O) groups is 1. The quantitative estimate of drug-likeness (QED) is 0.359. The zero-order valence-electron chi connectivity index (χ0n) is 17.8. The Hall–Kier alpha value is -3.38. The molecule has 0 spiro atoms. The molecule has 0 aliphatic carbocycles. The maximum Gasteiger partial charge on any atom is 0.277 e. The van der Waals surface area contributed by atoms with E-state index in [0.717, 1.165) is 38.3 Å². The van der Waals surface area contributed by atoms with Crippen LogP contribution in [0.5, 0.6) is 5.75 Å². The Bertz CT molecular complexity index is 1260. The number of benzene rings is 3. The Morgan fingerprint density at radius 3 is 2.34 bits per heavy atom. The molecule has 1 atom stereocenters. The Kier molecular flexibility index (Phi) is 5.31. The Morgan fingerprint density at radius 2 is 1.69 bits per heavy atom. The van der Waals surface area contributed by atoms with Gasteiger partial charge in [0.2, 0.25) is 0 Å². The van der Waals surface area contributed by atoms with Crippen molar-refractivity contribution >= 4 is 27.5 Å². The molecule has 1 amide bonds. The van der Waals surface area contributed by atoms with Crippen LogP contribution in [0.2, 0.25) is 0 Å². The van der Waals surface area contributed by atoms with Crippen molar-refractivity contribution in [3.05, 3.63) is 99.7 Å². The fraction of sp³-hybridized carbons (Fsp3) is 0.154. The van der Waals surface area contributed by atoms with Crippen molar-refractivity contribution < 1.29 is 9.53 Å². The number of amides is 1. The van der Waals surface area contributed by atoms with Crippen molar-refractivity contribution in [2.24, 2.45) is 0 Å². The largest absolute Gasteiger partial charge is 0.494 e. The van der Waals surface area contributed by atoms with Crippen LogP contribution in [-0.4, -0.2) is 22.7 Å². The molecular formula is C26H22BrN3O2. The second kappa shape index (κ2) is 8.28. The third-order valence-corrected chi connectivity index (χ3v) is 6.23. The summed E-state index contributed by atoms with van der Waals surface area (Å²) in [6, 6.07) is 23.7. The maximum absolute atomic E-state index is 13.5. The van der Waals surface area contributed by atoms with Gasteiger partial charge in [0.15, 0.2) is 0 Å². The third-order valence-electron chi connectivity index (χ3n) is 5.70. The van der Waals surface area contributed by atoms with Gasteiger partial charge in [0, 0.05) is 21.3 Å². The van der Waals surface area contributed by atoms with E-state index in [4.69, 9.17) is 4.74 Å². The van der Waals surface area contributed by atoms with Gasteiger partial charge in [0.05, 0.1) is 18.3 Å². The van der Waals surface area contributed by atoms with E-state index in [1.165, 1.54) is 5.56 Å². The van der Waals surface area contributed by atoms with E-state index in [2.05, 4.69) is 57.3 Å². The van der Waals surface area contributed by atoms with Crippen molar-refractivity contribution in [3.63, 3.8) is 0 Å². The average molecular weight is 488 g/mol. The number of hydrogen-bond acceptors (Lipinski definition) is 3. The van der Waals surface area contributed by atoms with Crippen LogP contribution in [0, 0.1) is 6.92 Å². The molecule has 0 fully saturated rings. The van der Waals surface area contributed by atoms with Crippen LogP contribution in [0.4, 0.5) is 5.69 Å². The molecule has 1 aliphatic rings. The van der Waals surface area contributed by atoms with E-state index in [-0.39, 0.29) is 11.9 Å². The highest BCUT2D eigenvalue weighted by Gasteiger charge is 2.43. The zero-order chi connectivity index (χ0) is 22.2. The first-order chi connectivity index (χ1) is 15.6. The number of nitrogens with zero attached hydrogens (tertiary/aromatic N) is 2. The molecule has 1 N–H and O–H groups in total. The Balaban J connectivity index is 1.66. The van der Waals surface area contributed by atoms with Gasteiger partial charge in [0.1, 0.15) is 11.4 Å². The number of anilines is 1. The number of ether oxygens (including phenoxy) is 1. The lowest BCUT2D eigenvalue weighted by Gasteiger charge is -2.26. The summed E-state index contributed by atoms with van der Waals surface area (Å²) in [6.07, 6.45) is 0. The number of halogens is 1. The topological polar surface area (TPSA) is 58.2 Å². The molecule has 5 nitrogen and oxygen atoms in total. The molecule has 32 heavy (non-hydrogen) atoms. The first-order valence-electron chi connectivity index (χ1n) is 10.5. The average Bonchev–Trinajstić information content (AvgIpc) is 3.35. The van der Waals surface area contributed by atoms with E-state index in [0.29, 0.717) is 12.3 Å². The maximum atomic E-state index is 13.5. The second-order valence-corrected chi connectivity index (χ2v) is 8.70. The number of aryl methyl sites for hydroxylation is 1. The fourth-order valence-corrected chi connectivity index (χ4v) is 4.44. The van der Waals surface area contributed by atoms with E-state index >= 15 is 0 Å². The Morgan fingerprint density at radius 1 is 1.00 bits per heavy atom. The molecule has 0 saturated heterocycles. The van der Waals surface area contributed by atoms with Crippen LogP contribution in [0.25, 0.3) is 11.3 Å². The minimum absolute atomic E-state index is 0.0856. The zero-order valence-corrected chi connectivity index (χ0v) is 19.4. The number of nitrogens with one attached hydrogen (secondary N) is 1. The molecule has 3 aromatic carbocycles. The van der Waals surface area contributed by atoms with Gasteiger partial charge >= 0.3 is 0 Å². The number of aromatic amines is 1. The fourth-order valence-electron chi connectivity index (χ4n) is 4.17. The molecule has 6 heteroatoms. The smallest absolute Gasteiger partial charge is 0.277 e. The van der Waals surface area contributed by atoms with Crippen LogP contribution < -0.4 is 9.64 Å². The minimum Gasteiger partial charge on any atom is -0.494 e. The van der Waals surface area contributed by atoms with Gasteiger partial charge in [-0.1, -0.05) is 45.8 Å². The summed E-state index contributed by atoms with van der Waals surface area (Å²) in [4.78, 5) is 15.4. The number of rotatable bonds is 5. The van der Waals surface area contributed by atoms with Crippen molar-refractivity contribution in [3.8, 4) is 17.0 Å². The molecule has 2 heterocycles. The van der Waals surface area contributed by atoms with Gasteiger partial charge in [-0.2, -0.15) is 5.10 Å². The highest BCUT2D eigenvalue weighted by atomic mass is 79.9. The minimum atomic E-state index is -0.278. The summed E-state index contributed by atoms with van der Waals surface area (Å²) in [5.41, 5.74) is 6.20. The Labute approximate surface area is 195 Å². The van der Waals surface area contributed by atoms with Gasteiger partial charge in [-0.05, 0) is 67.9 Å². The number of H-pyrrole nitrogens is 1. The summed E-state index contributed by atoms with van der Waals surface area (Å²) in [6.45, 7) is 4.64. The predicted molar refractivity (Wildman–Crippen MR) is 129 cm³/mol. The summed E-state index contributed by atoms with van der Waals surface area (Å²) in [7, 11) is 0. The molecule has 4 aromatic rings. The molecule has 1 aliphatic heterocycles. The van der Waals surface area contributed by atoms with Crippen LogP contribution >= 0.6 is 15.9 Å². The predicted octanol–water partition coefficient (Wildman–Crippen LogP) is 6.30. The molecule has 0 saturated carbocycles. The summed E-state index contributed by atoms with van der Waals surface area (Å²) in [5.74, 6) is 0.726. The molecule has 0 radical (unpaired) electrons. The highest BCUT2D eigenvalue weighted by molar-refractivity contribution is 9.10. The van der Waals surface area contributed by atoms with Crippen molar-refractivity contribution in [2.45, 2.75) is 19.9 Å². The molecule has 0 unspecified atom stereocenters. The first kappa shape index (κ1) is 20.5. The lowest BCUT2D eigenvalue weighted by molar-refractivity contribution is 0.0989. The molecule has 1 aromatic heterocycles. The SMILES string of the molecule is CCOc1ccc(-c2n[nH]c3c2[C@H](c2ccc(C)cc2)N(c2ccc(Br)cc2)C3=O)cc1. The number of carbonyl (C=O) groups excluding carboxylic acids is 1. The third kappa shape index (κ3) is 3.50. The summed E-state index contributed by atoms with van der Waals surface area (Å²) >= 11 is 3.49. The number of aromatic nitrogens is 2. The van der Waals surface area contributed by atoms with E-state index < -0.39 is 0 Å². The van der Waals surface area contributed by atoms with Gasteiger partial charge in [0.25, 0.3) is 5.91 Å². The van der Waals surface area contributed by atoms with Crippen molar-refractivity contribution in [1.82, 2.24) is 10.2 Å². The van der Waals surface area contributed by atoms with Crippen molar-refractivity contribution in [1.29, 1.82) is 0 Å². The lowest BCUT2D eigenvalue weighted by Crippen LogP contribution is -2.29. The van der Waals surface area contributed by atoms with Crippen molar-refractivity contribution in [2.75, 3.05) is 11.5 Å². The van der Waals surface area contributed by atoms with E-state index in [9.17, 15) is 4.79 Å². The second-order valence-electron chi connectivity index (χ2n) is 7.78. The summed E-state index contributed by atoms with van der Waals surface area (Å²) in [5, 5.41) is 7.56. The van der Waals surface area contributed by atoms with Gasteiger partial charge in [-0.15, -0.1) is 0 Å². The number of hydrogen-bond donors (Lipinski definition) is 1. The van der Waals surface area contributed by atoms with Gasteiger partial charge in [-0.25, -0.2) is 0 Å². The van der Waals surface area contributed by atoms with Crippen LogP contribution in [-0.2, 0) is 0 Å². The molecule has 0 bridgehead atoms. The monoisotopic (exact) mass is 487 g/mol. The van der Waals surface area contributed by atoms with E-state index in [1.807, 2.05) is 60.4 Å². The highest BCUT2D eigenvalue weighted by Crippen LogP contribution is 2.45. The van der Waals surface area contributed by atoms with Crippen LogP contribution in [0.1, 0.15) is 40.1 Å². The number of fused-ring (bicyclic) bond motifs is 1. The lowest BCUT2D eigenvalue weighted by atomic mass is 9.95. The normalized spacial score (nSPS) is 15.2. The van der Waals surface area contributed by atoms with Crippen LogP contribution in [0.15, 0.2) is 77.3 Å². The van der Waals surface area contributed by atoms with E-state index in [1.54, 1.807) is 0 Å². The summed E-state index contributed by atoms with van der Waals surface area (Å²) < 4.78 is 6.55. The van der Waals surface area contributed by atoms with Crippen LogP contribution in [0.3, 0.4) is 0 Å². The molecule has 160 valence electrons. The first-order valence-corrected chi connectivity index (χ1v) is 11.3.